The number of nitriles is 1. The van der Waals surface area contributed by atoms with E-state index in [0.717, 1.165) is 57.5 Å². The summed E-state index contributed by atoms with van der Waals surface area (Å²) in [6.07, 6.45) is 9.00. The number of hydrogen-bond acceptors (Lipinski definition) is 4. The number of nitrogens with one attached hydrogen (secondary N) is 3. The third-order valence-corrected chi connectivity index (χ3v) is 10.1. The fraction of sp³-hybridized carbons (Fsp3) is 0.515. The van der Waals surface area contributed by atoms with Gasteiger partial charge in [0, 0.05) is 66.7 Å². The van der Waals surface area contributed by atoms with Crippen LogP contribution >= 0.6 is 0 Å². The Kier molecular flexibility index (Phi) is 6.25. The Balaban J connectivity index is 1.16. The minimum absolute atomic E-state index is 0.0184. The van der Waals surface area contributed by atoms with E-state index >= 15 is 0 Å². The maximum Gasteiger partial charge on any atom is 0.251 e. The van der Waals surface area contributed by atoms with Gasteiger partial charge < -0.3 is 15.6 Å². The van der Waals surface area contributed by atoms with Gasteiger partial charge in [0.1, 0.15) is 0 Å². The summed E-state index contributed by atoms with van der Waals surface area (Å²) >= 11 is 0. The van der Waals surface area contributed by atoms with Crippen LogP contribution in [0, 0.1) is 35.5 Å². The van der Waals surface area contributed by atoms with Crippen molar-refractivity contribution in [2.45, 2.75) is 64.0 Å². The second-order valence-electron chi connectivity index (χ2n) is 12.8. The summed E-state index contributed by atoms with van der Waals surface area (Å²) in [5.74, 6) is 1.48. The highest BCUT2D eigenvalue weighted by Gasteiger charge is 2.49. The van der Waals surface area contributed by atoms with Crippen LogP contribution in [0.3, 0.4) is 0 Å². The molecule has 39 heavy (non-hydrogen) atoms. The van der Waals surface area contributed by atoms with Crippen molar-refractivity contribution < 1.29 is 4.79 Å². The second kappa shape index (κ2) is 9.80. The fourth-order valence-electron chi connectivity index (χ4n) is 7.47. The maximum absolute atomic E-state index is 12.8. The minimum atomic E-state index is 0.0184. The number of fused-ring (bicyclic) bond motifs is 1. The van der Waals surface area contributed by atoms with Crippen LogP contribution < -0.4 is 10.6 Å². The molecule has 1 aromatic heterocycles. The van der Waals surface area contributed by atoms with Crippen molar-refractivity contribution in [1.82, 2.24) is 20.5 Å². The normalized spacial score (nSPS) is 27.2. The third kappa shape index (κ3) is 4.66. The van der Waals surface area contributed by atoms with E-state index in [9.17, 15) is 10.1 Å². The zero-order valence-electron chi connectivity index (χ0n) is 22.9. The molecule has 202 valence electrons. The molecule has 7 rings (SSSR count). The summed E-state index contributed by atoms with van der Waals surface area (Å²) in [7, 11) is 0. The van der Waals surface area contributed by atoms with Crippen molar-refractivity contribution in [1.29, 1.82) is 5.26 Å². The van der Waals surface area contributed by atoms with Gasteiger partial charge in [0.25, 0.3) is 5.91 Å². The monoisotopic (exact) mass is 521 g/mol. The standard InChI is InChI=1S/C33H39N5O/c1-21-12-28(24-2-3-24)29(27-8-10-36-31(21)27)20-38-11-9-33(13-22(14-33)16-34)15-30(38)25-4-6-26(7-5-25)32(39)37-19-23-17-35-18-23/h4-8,10,12,22-24,30,35-36H,2-3,9,11,13-15,17-20H2,1H3,(H,37,39)/t22?,30-,33?/m0/s1. The number of H-pyrrole nitrogens is 1. The van der Waals surface area contributed by atoms with Crippen LogP contribution in [-0.4, -0.2) is 42.0 Å². The van der Waals surface area contributed by atoms with Crippen LogP contribution in [0.1, 0.15) is 83.1 Å². The Bertz CT molecular complexity index is 1420. The Labute approximate surface area is 231 Å². The van der Waals surface area contributed by atoms with E-state index in [0.29, 0.717) is 17.9 Å². The van der Waals surface area contributed by atoms with Crippen molar-refractivity contribution in [3.05, 3.63) is 70.4 Å². The third-order valence-electron chi connectivity index (χ3n) is 10.1. The van der Waals surface area contributed by atoms with Crippen LogP contribution in [0.2, 0.25) is 0 Å². The molecule has 3 heterocycles. The van der Waals surface area contributed by atoms with Crippen molar-refractivity contribution in [3.8, 4) is 6.07 Å². The lowest BCUT2D eigenvalue weighted by Crippen LogP contribution is -2.48. The zero-order valence-corrected chi connectivity index (χ0v) is 22.9. The number of aryl methyl sites for hydroxylation is 1. The van der Waals surface area contributed by atoms with Gasteiger partial charge in [-0.1, -0.05) is 18.2 Å². The van der Waals surface area contributed by atoms with Crippen molar-refractivity contribution in [3.63, 3.8) is 0 Å². The quantitative estimate of drug-likeness (QED) is 0.380. The van der Waals surface area contributed by atoms with E-state index in [1.165, 1.54) is 46.9 Å². The number of carbonyl (C=O) groups excluding carboxylic acids is 1. The van der Waals surface area contributed by atoms with Gasteiger partial charge in [-0.15, -0.1) is 0 Å². The molecule has 1 spiro atoms. The molecule has 4 aliphatic rings. The highest BCUT2D eigenvalue weighted by atomic mass is 16.1. The molecule has 4 fully saturated rings. The molecule has 3 aromatic rings. The first kappa shape index (κ1) is 24.9. The van der Waals surface area contributed by atoms with E-state index in [1.807, 2.05) is 12.1 Å². The lowest BCUT2D eigenvalue weighted by atomic mass is 9.56. The molecule has 0 unspecified atom stereocenters. The number of likely N-dealkylation sites (tertiary alicyclic amines) is 1. The summed E-state index contributed by atoms with van der Waals surface area (Å²) in [5, 5.41) is 17.2. The Morgan fingerprint density at radius 3 is 2.64 bits per heavy atom. The van der Waals surface area contributed by atoms with Crippen molar-refractivity contribution >= 4 is 16.8 Å². The van der Waals surface area contributed by atoms with Gasteiger partial charge in [0.05, 0.1) is 6.07 Å². The zero-order chi connectivity index (χ0) is 26.6. The largest absolute Gasteiger partial charge is 0.361 e. The summed E-state index contributed by atoms with van der Waals surface area (Å²) in [5.41, 5.74) is 7.95. The van der Waals surface area contributed by atoms with Gasteiger partial charge in [-0.25, -0.2) is 0 Å². The van der Waals surface area contributed by atoms with Crippen LogP contribution in [0.4, 0.5) is 0 Å². The molecule has 2 saturated carbocycles. The van der Waals surface area contributed by atoms with Gasteiger partial charge in [0.2, 0.25) is 0 Å². The summed E-state index contributed by atoms with van der Waals surface area (Å²) in [6.45, 7) is 6.93. The van der Waals surface area contributed by atoms with Gasteiger partial charge in [0.15, 0.2) is 0 Å². The smallest absolute Gasteiger partial charge is 0.251 e. The summed E-state index contributed by atoms with van der Waals surface area (Å²) in [4.78, 5) is 18.9. The number of aromatic amines is 1. The van der Waals surface area contributed by atoms with Gasteiger partial charge >= 0.3 is 0 Å². The molecular weight excluding hydrogens is 482 g/mol. The first-order valence-electron chi connectivity index (χ1n) is 14.8. The molecule has 1 atom stereocenters. The topological polar surface area (TPSA) is 83.9 Å². The van der Waals surface area contributed by atoms with E-state index in [4.69, 9.17) is 0 Å². The van der Waals surface area contributed by atoms with Gasteiger partial charge in [-0.3, -0.25) is 9.69 Å². The Hall–Kier alpha value is -3.14. The van der Waals surface area contributed by atoms with Gasteiger partial charge in [-0.2, -0.15) is 5.26 Å². The molecule has 6 nitrogen and oxygen atoms in total. The molecule has 2 aliphatic carbocycles. The predicted octanol–water partition coefficient (Wildman–Crippen LogP) is 5.56. The first-order chi connectivity index (χ1) is 19.0. The number of amides is 1. The van der Waals surface area contributed by atoms with Crippen molar-refractivity contribution in [2.75, 3.05) is 26.2 Å². The average molecular weight is 522 g/mol. The molecule has 0 radical (unpaired) electrons. The lowest BCUT2D eigenvalue weighted by Gasteiger charge is -2.53. The SMILES string of the molecule is Cc1cc(C2CC2)c(CN2CCC3(CC(C#N)C3)C[C@H]2c2ccc(C(=O)NCC3CNC3)cc2)c2cc[nH]c12. The van der Waals surface area contributed by atoms with Crippen LogP contribution in [0.25, 0.3) is 10.9 Å². The summed E-state index contributed by atoms with van der Waals surface area (Å²) in [6, 6.07) is 15.9. The first-order valence-corrected chi connectivity index (χ1v) is 14.8. The second-order valence-corrected chi connectivity index (χ2v) is 12.8. The van der Waals surface area contributed by atoms with Crippen molar-refractivity contribution in [2.24, 2.45) is 17.3 Å². The maximum atomic E-state index is 12.8. The summed E-state index contributed by atoms with van der Waals surface area (Å²) < 4.78 is 0. The van der Waals surface area contributed by atoms with Crippen LogP contribution in [0.5, 0.6) is 0 Å². The lowest BCUT2D eigenvalue weighted by molar-refractivity contribution is -0.0297. The minimum Gasteiger partial charge on any atom is -0.361 e. The molecule has 2 aromatic carbocycles. The van der Waals surface area contributed by atoms with Gasteiger partial charge in [-0.05, 0) is 104 Å². The number of aromatic nitrogens is 1. The van der Waals surface area contributed by atoms with E-state index in [2.05, 4.69) is 64.0 Å². The number of hydrogen-bond donors (Lipinski definition) is 3. The molecule has 2 saturated heterocycles. The highest BCUT2D eigenvalue weighted by molar-refractivity contribution is 5.94. The predicted molar refractivity (Wildman–Crippen MR) is 153 cm³/mol. The number of rotatable bonds is 7. The average Bonchev–Trinajstić information content (AvgIpc) is 3.63. The van der Waals surface area contributed by atoms with Crippen LogP contribution in [-0.2, 0) is 6.54 Å². The molecular formula is C33H39N5O. The highest BCUT2D eigenvalue weighted by Crippen LogP contribution is 2.57. The molecule has 0 bridgehead atoms. The molecule has 2 aliphatic heterocycles. The number of nitrogens with zero attached hydrogens (tertiary/aromatic N) is 2. The Morgan fingerprint density at radius 2 is 1.95 bits per heavy atom. The molecule has 3 N–H and O–H groups in total. The number of piperidine rings is 1. The number of carbonyl (C=O) groups is 1. The Morgan fingerprint density at radius 1 is 1.15 bits per heavy atom. The van der Waals surface area contributed by atoms with E-state index in [-0.39, 0.29) is 17.2 Å². The van der Waals surface area contributed by atoms with E-state index in [1.54, 1.807) is 5.56 Å². The fourth-order valence-corrected chi connectivity index (χ4v) is 7.47. The number of benzene rings is 2. The molecule has 6 heteroatoms. The van der Waals surface area contributed by atoms with E-state index < -0.39 is 0 Å². The van der Waals surface area contributed by atoms with Crippen LogP contribution in [0.15, 0.2) is 42.6 Å². The molecule has 1 amide bonds.